The van der Waals surface area contributed by atoms with Gasteiger partial charge in [-0.1, -0.05) is 0 Å². The number of carboxylic acids is 1. The fourth-order valence-electron chi connectivity index (χ4n) is 1.72. The van der Waals surface area contributed by atoms with Gasteiger partial charge in [0.15, 0.2) is 6.61 Å². The molecule has 0 aliphatic carbocycles. The molecule has 1 fully saturated rings. The van der Waals surface area contributed by atoms with Gasteiger partial charge in [-0.15, -0.1) is 0 Å². The maximum atomic E-state index is 11.7. The van der Waals surface area contributed by atoms with E-state index in [1.807, 2.05) is 0 Å². The first kappa shape index (κ1) is 13.2. The largest absolute Gasteiger partial charge is 0.497 e. The second-order valence-electron chi connectivity index (χ2n) is 4.19. The van der Waals surface area contributed by atoms with Crippen LogP contribution in [0.4, 0.5) is 0 Å². The quantitative estimate of drug-likeness (QED) is 0.859. The lowest BCUT2D eigenvalue weighted by Crippen LogP contribution is -2.44. The van der Waals surface area contributed by atoms with Crippen LogP contribution in [0.1, 0.15) is 16.8 Å². The molecule has 0 bridgehead atoms. The summed E-state index contributed by atoms with van der Waals surface area (Å²) in [5.41, 5.74) is 0.0113. The van der Waals surface area contributed by atoms with Gasteiger partial charge in [0.05, 0.1) is 7.11 Å². The summed E-state index contributed by atoms with van der Waals surface area (Å²) in [7, 11) is 1.48. The van der Waals surface area contributed by atoms with E-state index in [9.17, 15) is 9.59 Å². The maximum absolute atomic E-state index is 11.7. The molecular formula is C13H15NO5. The zero-order valence-electron chi connectivity index (χ0n) is 10.6. The highest BCUT2D eigenvalue weighted by Gasteiger charge is 2.21. The van der Waals surface area contributed by atoms with Gasteiger partial charge in [0.1, 0.15) is 17.1 Å². The molecule has 2 rings (SSSR count). The summed E-state index contributed by atoms with van der Waals surface area (Å²) in [5.74, 6) is -0.614. The molecular weight excluding hydrogens is 250 g/mol. The highest BCUT2D eigenvalue weighted by molar-refractivity contribution is 5.91. The van der Waals surface area contributed by atoms with Crippen molar-refractivity contribution in [1.29, 1.82) is 0 Å². The number of carboxylic acid groups (broad SMARTS) is 1. The summed E-state index contributed by atoms with van der Waals surface area (Å²) in [5, 5.41) is 9.04. The van der Waals surface area contributed by atoms with Crippen molar-refractivity contribution in [3.8, 4) is 11.5 Å². The average molecular weight is 265 g/mol. The van der Waals surface area contributed by atoms with E-state index in [0.29, 0.717) is 5.75 Å². The molecule has 1 aromatic carbocycles. The van der Waals surface area contributed by atoms with Gasteiger partial charge in [-0.05, 0) is 18.6 Å². The Hall–Kier alpha value is -2.24. The Morgan fingerprint density at radius 1 is 1.37 bits per heavy atom. The molecule has 102 valence electrons. The number of hydrogen-bond acceptors (Lipinski definition) is 4. The van der Waals surface area contributed by atoms with E-state index in [-0.39, 0.29) is 23.8 Å². The first-order chi connectivity index (χ1) is 9.11. The number of hydrogen-bond donors (Lipinski definition) is 1. The maximum Gasteiger partial charge on any atom is 0.339 e. The van der Waals surface area contributed by atoms with Crippen molar-refractivity contribution in [3.05, 3.63) is 23.8 Å². The molecule has 0 atom stereocenters. The molecule has 0 radical (unpaired) electrons. The zero-order valence-corrected chi connectivity index (χ0v) is 10.6. The minimum Gasteiger partial charge on any atom is -0.497 e. The van der Waals surface area contributed by atoms with Crippen LogP contribution in [0.3, 0.4) is 0 Å². The number of amides is 1. The van der Waals surface area contributed by atoms with Crippen molar-refractivity contribution in [1.82, 2.24) is 4.90 Å². The molecule has 0 unspecified atom stereocenters. The van der Waals surface area contributed by atoms with Gasteiger partial charge in [0, 0.05) is 19.2 Å². The third kappa shape index (κ3) is 2.96. The van der Waals surface area contributed by atoms with Crippen molar-refractivity contribution >= 4 is 11.9 Å². The number of aromatic carboxylic acids is 1. The smallest absolute Gasteiger partial charge is 0.339 e. The van der Waals surface area contributed by atoms with Crippen LogP contribution in [0.5, 0.6) is 11.5 Å². The zero-order chi connectivity index (χ0) is 13.8. The summed E-state index contributed by atoms with van der Waals surface area (Å²) >= 11 is 0. The molecule has 0 spiro atoms. The van der Waals surface area contributed by atoms with E-state index in [4.69, 9.17) is 14.6 Å². The molecule has 1 aliphatic heterocycles. The first-order valence-electron chi connectivity index (χ1n) is 5.93. The number of rotatable bonds is 5. The standard InChI is InChI=1S/C13H15NO5/c1-18-9-3-4-10(13(16)17)11(7-9)19-8-12(15)14-5-2-6-14/h3-4,7H,2,5-6,8H2,1H3,(H,16,17). The van der Waals surface area contributed by atoms with E-state index < -0.39 is 5.97 Å². The Labute approximate surface area is 110 Å². The molecule has 1 aromatic rings. The summed E-state index contributed by atoms with van der Waals surface area (Å²) in [6, 6.07) is 4.39. The van der Waals surface area contributed by atoms with E-state index in [1.165, 1.54) is 25.3 Å². The van der Waals surface area contributed by atoms with Crippen LogP contribution in [0.15, 0.2) is 18.2 Å². The molecule has 1 saturated heterocycles. The number of ether oxygens (including phenoxy) is 2. The Bertz CT molecular complexity index is 496. The molecule has 6 heteroatoms. The third-order valence-electron chi connectivity index (χ3n) is 2.98. The second-order valence-corrected chi connectivity index (χ2v) is 4.19. The first-order valence-corrected chi connectivity index (χ1v) is 5.93. The predicted octanol–water partition coefficient (Wildman–Crippen LogP) is 1.00. The van der Waals surface area contributed by atoms with Gasteiger partial charge in [0.25, 0.3) is 5.91 Å². The lowest BCUT2D eigenvalue weighted by atomic mass is 10.2. The predicted molar refractivity (Wildman–Crippen MR) is 66.6 cm³/mol. The average Bonchev–Trinajstić information content (AvgIpc) is 2.33. The molecule has 1 heterocycles. The molecule has 19 heavy (non-hydrogen) atoms. The summed E-state index contributed by atoms with van der Waals surface area (Å²) < 4.78 is 10.3. The number of likely N-dealkylation sites (tertiary alicyclic amines) is 1. The van der Waals surface area contributed by atoms with Crippen LogP contribution >= 0.6 is 0 Å². The highest BCUT2D eigenvalue weighted by atomic mass is 16.5. The van der Waals surface area contributed by atoms with Gasteiger partial charge >= 0.3 is 5.97 Å². The van der Waals surface area contributed by atoms with E-state index in [0.717, 1.165) is 19.5 Å². The van der Waals surface area contributed by atoms with Crippen LogP contribution < -0.4 is 9.47 Å². The van der Waals surface area contributed by atoms with Crippen molar-refractivity contribution in [2.75, 3.05) is 26.8 Å². The van der Waals surface area contributed by atoms with E-state index in [2.05, 4.69) is 0 Å². The number of nitrogens with zero attached hydrogens (tertiary/aromatic N) is 1. The van der Waals surface area contributed by atoms with Gasteiger partial charge in [-0.2, -0.15) is 0 Å². The van der Waals surface area contributed by atoms with E-state index >= 15 is 0 Å². The van der Waals surface area contributed by atoms with Crippen molar-refractivity contribution < 1.29 is 24.2 Å². The summed E-state index contributed by atoms with van der Waals surface area (Å²) in [6.45, 7) is 1.33. The van der Waals surface area contributed by atoms with Gasteiger partial charge in [0.2, 0.25) is 0 Å². The Morgan fingerprint density at radius 2 is 2.11 bits per heavy atom. The monoisotopic (exact) mass is 265 g/mol. The van der Waals surface area contributed by atoms with Crippen molar-refractivity contribution in [2.45, 2.75) is 6.42 Å². The number of carbonyl (C=O) groups is 2. The topological polar surface area (TPSA) is 76.1 Å². The van der Waals surface area contributed by atoms with Crippen LogP contribution in [-0.4, -0.2) is 48.7 Å². The fourth-order valence-corrected chi connectivity index (χ4v) is 1.72. The van der Waals surface area contributed by atoms with Gasteiger partial charge in [-0.25, -0.2) is 4.79 Å². The summed E-state index contributed by atoms with van der Waals surface area (Å²) in [6.07, 6.45) is 1.01. The molecule has 0 aromatic heterocycles. The lowest BCUT2D eigenvalue weighted by Gasteiger charge is -2.30. The van der Waals surface area contributed by atoms with Gasteiger partial charge in [-0.3, -0.25) is 4.79 Å². The second kappa shape index (κ2) is 5.60. The molecule has 6 nitrogen and oxygen atoms in total. The number of carbonyl (C=O) groups excluding carboxylic acids is 1. The van der Waals surface area contributed by atoms with Crippen LogP contribution in [0.25, 0.3) is 0 Å². The SMILES string of the molecule is COc1ccc(C(=O)O)c(OCC(=O)N2CCC2)c1. The molecule has 1 N–H and O–H groups in total. The normalized spacial score (nSPS) is 13.6. The minimum atomic E-state index is -1.10. The van der Waals surface area contributed by atoms with E-state index in [1.54, 1.807) is 4.90 Å². The fraction of sp³-hybridized carbons (Fsp3) is 0.385. The molecule has 1 amide bonds. The molecule has 1 aliphatic rings. The van der Waals surface area contributed by atoms with Crippen molar-refractivity contribution in [2.24, 2.45) is 0 Å². The molecule has 0 saturated carbocycles. The highest BCUT2D eigenvalue weighted by Crippen LogP contribution is 2.25. The Morgan fingerprint density at radius 3 is 2.63 bits per heavy atom. The Balaban J connectivity index is 2.08. The number of benzene rings is 1. The van der Waals surface area contributed by atoms with Crippen LogP contribution in [-0.2, 0) is 4.79 Å². The summed E-state index contributed by atoms with van der Waals surface area (Å²) in [4.78, 5) is 24.4. The van der Waals surface area contributed by atoms with Crippen LogP contribution in [0, 0.1) is 0 Å². The lowest BCUT2D eigenvalue weighted by molar-refractivity contribution is -0.136. The third-order valence-corrected chi connectivity index (χ3v) is 2.98. The van der Waals surface area contributed by atoms with Gasteiger partial charge < -0.3 is 19.5 Å². The van der Waals surface area contributed by atoms with Crippen molar-refractivity contribution in [3.63, 3.8) is 0 Å². The minimum absolute atomic E-state index is 0.0113. The Kier molecular flexibility index (Phi) is 3.89. The number of methoxy groups -OCH3 is 1. The van der Waals surface area contributed by atoms with Crippen LogP contribution in [0.2, 0.25) is 0 Å².